The van der Waals surface area contributed by atoms with Gasteiger partial charge in [0.05, 0.1) is 10.8 Å². The molecule has 28 heavy (non-hydrogen) atoms. The molecule has 5 nitrogen and oxygen atoms in total. The van der Waals surface area contributed by atoms with Gasteiger partial charge in [0.1, 0.15) is 0 Å². The Kier molecular flexibility index (Phi) is 6.86. The summed E-state index contributed by atoms with van der Waals surface area (Å²) >= 11 is 0. The first-order chi connectivity index (χ1) is 13.5. The lowest BCUT2D eigenvalue weighted by molar-refractivity contribution is -0.134. The van der Waals surface area contributed by atoms with Crippen LogP contribution in [0.1, 0.15) is 44.1 Å². The molecule has 0 bridgehead atoms. The van der Waals surface area contributed by atoms with Gasteiger partial charge in [0.2, 0.25) is 15.9 Å². The van der Waals surface area contributed by atoms with Crippen molar-refractivity contribution in [2.24, 2.45) is 0 Å². The van der Waals surface area contributed by atoms with E-state index in [1.165, 1.54) is 0 Å². The molecule has 6 heteroatoms. The lowest BCUT2D eigenvalue weighted by Crippen LogP contribution is -2.47. The summed E-state index contributed by atoms with van der Waals surface area (Å²) in [5.74, 6) is 0.0289. The summed E-state index contributed by atoms with van der Waals surface area (Å²) < 4.78 is 27.8. The van der Waals surface area contributed by atoms with Crippen molar-refractivity contribution >= 4 is 15.9 Å². The number of carbonyl (C=O) groups is 1. The highest BCUT2D eigenvalue weighted by Gasteiger charge is 2.30. The zero-order valence-corrected chi connectivity index (χ0v) is 17.1. The van der Waals surface area contributed by atoms with Crippen LogP contribution < -0.4 is 4.72 Å². The molecular formula is C22H28N2O3S. The van der Waals surface area contributed by atoms with Crippen LogP contribution in [0, 0.1) is 0 Å². The Bertz CT molecular complexity index is 861. The molecule has 1 atom stereocenters. The highest BCUT2D eigenvalue weighted by atomic mass is 32.2. The third-order valence-corrected chi connectivity index (χ3v) is 6.80. The molecule has 1 aliphatic heterocycles. The van der Waals surface area contributed by atoms with E-state index in [-0.39, 0.29) is 22.8 Å². The average Bonchev–Trinajstić information content (AvgIpc) is 2.73. The zero-order valence-electron chi connectivity index (χ0n) is 16.3. The number of hydrogen-bond acceptors (Lipinski definition) is 3. The predicted octanol–water partition coefficient (Wildman–Crippen LogP) is 3.54. The number of nitrogens with one attached hydrogen (secondary N) is 1. The standard InChI is InChI=1S/C22H28N2O3S/c1-2-9-21(18-10-5-3-6-11-18)22(25)24-16-14-19(15-17-24)23-28(26,27)20-12-7-4-8-13-20/h3-8,10-13,19,21,23H,2,9,14-17H2,1H3. The van der Waals surface area contributed by atoms with Gasteiger partial charge in [0.25, 0.3) is 0 Å². The second-order valence-corrected chi connectivity index (χ2v) is 9.00. The van der Waals surface area contributed by atoms with Crippen molar-refractivity contribution in [2.45, 2.75) is 49.5 Å². The van der Waals surface area contributed by atoms with Crippen LogP contribution in [-0.2, 0) is 14.8 Å². The van der Waals surface area contributed by atoms with E-state index < -0.39 is 10.0 Å². The van der Waals surface area contributed by atoms with E-state index in [4.69, 9.17) is 0 Å². The Hall–Kier alpha value is -2.18. The number of amides is 1. The van der Waals surface area contributed by atoms with Crippen molar-refractivity contribution in [3.05, 3.63) is 66.2 Å². The van der Waals surface area contributed by atoms with Gasteiger partial charge in [-0.25, -0.2) is 13.1 Å². The number of piperidine rings is 1. The molecule has 0 saturated carbocycles. The average molecular weight is 401 g/mol. The van der Waals surface area contributed by atoms with E-state index in [9.17, 15) is 13.2 Å². The predicted molar refractivity (Wildman–Crippen MR) is 110 cm³/mol. The van der Waals surface area contributed by atoms with Crippen LogP contribution in [0.3, 0.4) is 0 Å². The first-order valence-corrected chi connectivity index (χ1v) is 11.4. The van der Waals surface area contributed by atoms with E-state index in [0.29, 0.717) is 25.9 Å². The molecule has 2 aromatic carbocycles. The molecule has 1 N–H and O–H groups in total. The van der Waals surface area contributed by atoms with Gasteiger partial charge in [-0.2, -0.15) is 0 Å². The van der Waals surface area contributed by atoms with Crippen LogP contribution >= 0.6 is 0 Å². The van der Waals surface area contributed by atoms with Gasteiger partial charge in [-0.05, 0) is 37.0 Å². The molecule has 0 radical (unpaired) electrons. The van der Waals surface area contributed by atoms with Gasteiger partial charge in [-0.3, -0.25) is 4.79 Å². The van der Waals surface area contributed by atoms with Crippen LogP contribution in [0.15, 0.2) is 65.6 Å². The van der Waals surface area contributed by atoms with Gasteiger partial charge in [-0.1, -0.05) is 61.9 Å². The Morgan fingerprint density at radius 2 is 1.61 bits per heavy atom. The third kappa shape index (κ3) is 5.00. The molecule has 1 fully saturated rings. The van der Waals surface area contributed by atoms with Crippen molar-refractivity contribution in [2.75, 3.05) is 13.1 Å². The van der Waals surface area contributed by atoms with Gasteiger partial charge in [-0.15, -0.1) is 0 Å². The fourth-order valence-corrected chi connectivity index (χ4v) is 5.06. The van der Waals surface area contributed by atoms with E-state index in [2.05, 4.69) is 11.6 Å². The van der Waals surface area contributed by atoms with Crippen LogP contribution in [0.5, 0.6) is 0 Å². The molecule has 0 aliphatic carbocycles. The fourth-order valence-electron chi connectivity index (χ4n) is 3.73. The minimum Gasteiger partial charge on any atom is -0.342 e. The number of rotatable bonds is 7. The first-order valence-electron chi connectivity index (χ1n) is 9.92. The van der Waals surface area contributed by atoms with Crippen LogP contribution in [0.25, 0.3) is 0 Å². The van der Waals surface area contributed by atoms with Crippen molar-refractivity contribution < 1.29 is 13.2 Å². The second kappa shape index (κ2) is 9.34. The maximum absolute atomic E-state index is 13.1. The Labute approximate surface area is 167 Å². The summed E-state index contributed by atoms with van der Waals surface area (Å²) in [4.78, 5) is 15.3. The largest absolute Gasteiger partial charge is 0.342 e. The Balaban J connectivity index is 1.60. The zero-order chi connectivity index (χ0) is 20.0. The first kappa shape index (κ1) is 20.6. The number of nitrogens with zero attached hydrogens (tertiary/aromatic N) is 1. The van der Waals surface area contributed by atoms with Crippen LogP contribution in [0.4, 0.5) is 0 Å². The number of sulfonamides is 1. The minimum atomic E-state index is -3.52. The van der Waals surface area contributed by atoms with Crippen LogP contribution in [-0.4, -0.2) is 38.4 Å². The maximum Gasteiger partial charge on any atom is 0.240 e. The number of carbonyl (C=O) groups excluding carboxylic acids is 1. The van der Waals surface area contributed by atoms with Gasteiger partial charge < -0.3 is 4.90 Å². The molecule has 0 aromatic heterocycles. The molecule has 1 saturated heterocycles. The number of hydrogen-bond donors (Lipinski definition) is 1. The van der Waals surface area contributed by atoms with Crippen LogP contribution in [0.2, 0.25) is 0 Å². The summed E-state index contributed by atoms with van der Waals surface area (Å²) in [6.45, 7) is 3.25. The summed E-state index contributed by atoms with van der Waals surface area (Å²) in [7, 11) is -3.52. The van der Waals surface area contributed by atoms with E-state index in [1.807, 2.05) is 35.2 Å². The van der Waals surface area contributed by atoms with E-state index in [1.54, 1.807) is 30.3 Å². The second-order valence-electron chi connectivity index (χ2n) is 7.29. The maximum atomic E-state index is 13.1. The quantitative estimate of drug-likeness (QED) is 0.773. The fraction of sp³-hybridized carbons (Fsp3) is 0.409. The monoisotopic (exact) mass is 400 g/mol. The van der Waals surface area contributed by atoms with Gasteiger partial charge >= 0.3 is 0 Å². The smallest absolute Gasteiger partial charge is 0.240 e. The highest BCUT2D eigenvalue weighted by molar-refractivity contribution is 7.89. The Morgan fingerprint density at radius 3 is 2.18 bits per heavy atom. The topological polar surface area (TPSA) is 66.5 Å². The number of benzene rings is 2. The van der Waals surface area contributed by atoms with E-state index >= 15 is 0 Å². The lowest BCUT2D eigenvalue weighted by Gasteiger charge is -2.34. The van der Waals surface area contributed by atoms with Crippen molar-refractivity contribution in [3.8, 4) is 0 Å². The van der Waals surface area contributed by atoms with E-state index in [0.717, 1.165) is 18.4 Å². The Morgan fingerprint density at radius 1 is 1.04 bits per heavy atom. The molecule has 2 aromatic rings. The SMILES string of the molecule is CCCC(C(=O)N1CCC(NS(=O)(=O)c2ccccc2)CC1)c1ccccc1. The van der Waals surface area contributed by atoms with Crippen molar-refractivity contribution in [1.29, 1.82) is 0 Å². The van der Waals surface area contributed by atoms with Crippen molar-refractivity contribution in [3.63, 3.8) is 0 Å². The van der Waals surface area contributed by atoms with Gasteiger partial charge in [0.15, 0.2) is 0 Å². The molecule has 150 valence electrons. The molecule has 1 aliphatic rings. The summed E-state index contributed by atoms with van der Waals surface area (Å²) in [6, 6.07) is 18.2. The molecular weight excluding hydrogens is 372 g/mol. The van der Waals surface area contributed by atoms with Gasteiger partial charge in [0, 0.05) is 19.1 Å². The molecule has 3 rings (SSSR count). The molecule has 0 spiro atoms. The minimum absolute atomic E-state index is 0.122. The molecule has 1 amide bonds. The third-order valence-electron chi connectivity index (χ3n) is 5.26. The lowest BCUT2D eigenvalue weighted by atomic mass is 9.92. The molecule has 1 unspecified atom stereocenters. The highest BCUT2D eigenvalue weighted by Crippen LogP contribution is 2.26. The summed E-state index contributed by atoms with van der Waals surface area (Å²) in [6.07, 6.45) is 3.03. The number of likely N-dealkylation sites (tertiary alicyclic amines) is 1. The molecule has 1 heterocycles. The van der Waals surface area contributed by atoms with Crippen molar-refractivity contribution in [1.82, 2.24) is 9.62 Å². The normalized spacial score (nSPS) is 16.7. The summed E-state index contributed by atoms with van der Waals surface area (Å²) in [5, 5.41) is 0. The summed E-state index contributed by atoms with van der Waals surface area (Å²) in [5.41, 5.74) is 1.06.